The third kappa shape index (κ3) is 3.79. The highest BCUT2D eigenvalue weighted by Gasteiger charge is 2.26. The van der Waals surface area contributed by atoms with Crippen molar-refractivity contribution in [3.05, 3.63) is 34.6 Å². The van der Waals surface area contributed by atoms with Crippen LogP contribution in [0.1, 0.15) is 18.4 Å². The molecule has 7 nitrogen and oxygen atoms in total. The number of carbonyl (C=O) groups is 2. The third-order valence-corrected chi connectivity index (χ3v) is 4.92. The molecule has 1 aromatic carbocycles. The van der Waals surface area contributed by atoms with Crippen LogP contribution >= 0.6 is 12.2 Å². The molecule has 0 radical (unpaired) electrons. The number of aromatic nitrogens is 3. The Bertz CT molecular complexity index is 831. The standard InChI is InChI=1S/C17H21N5O2S/c1-11-2-4-13(5-3-11)16-19-20-17(25)22(16)10-14(23)21-8-6-12(7-9-21)15(18)24/h2-5,12H,6-10H2,1H3,(H2,18,24)(H,20,25). The molecule has 0 unspecified atom stereocenters. The summed E-state index contributed by atoms with van der Waals surface area (Å²) in [6, 6.07) is 7.90. The number of benzene rings is 1. The van der Waals surface area contributed by atoms with E-state index in [1.54, 1.807) is 9.47 Å². The predicted molar refractivity (Wildman–Crippen MR) is 96.1 cm³/mol. The van der Waals surface area contributed by atoms with E-state index in [-0.39, 0.29) is 24.3 Å². The maximum absolute atomic E-state index is 12.6. The van der Waals surface area contributed by atoms with Gasteiger partial charge in [0.25, 0.3) is 0 Å². The van der Waals surface area contributed by atoms with Crippen molar-refractivity contribution in [3.8, 4) is 11.4 Å². The molecule has 0 spiro atoms. The molecule has 0 bridgehead atoms. The summed E-state index contributed by atoms with van der Waals surface area (Å²) in [6.45, 7) is 3.22. The third-order valence-electron chi connectivity index (χ3n) is 4.61. The number of amides is 2. The average Bonchev–Trinajstić information content (AvgIpc) is 2.96. The Morgan fingerprint density at radius 1 is 1.28 bits per heavy atom. The van der Waals surface area contributed by atoms with E-state index in [1.807, 2.05) is 31.2 Å². The van der Waals surface area contributed by atoms with E-state index in [1.165, 1.54) is 0 Å². The highest BCUT2D eigenvalue weighted by Crippen LogP contribution is 2.20. The van der Waals surface area contributed by atoms with Gasteiger partial charge in [0, 0.05) is 24.6 Å². The first-order valence-corrected chi connectivity index (χ1v) is 8.66. The molecule has 0 saturated carbocycles. The Kier molecular flexibility index (Phi) is 4.98. The monoisotopic (exact) mass is 359 g/mol. The Labute approximate surface area is 150 Å². The molecule has 1 aliphatic rings. The SMILES string of the molecule is Cc1ccc(-c2n[nH]c(=S)n2CC(=O)N2CCC(C(N)=O)CC2)cc1. The Morgan fingerprint density at radius 3 is 2.52 bits per heavy atom. The molecule has 3 rings (SSSR count). The number of hydrogen-bond donors (Lipinski definition) is 2. The molecular weight excluding hydrogens is 338 g/mol. The minimum atomic E-state index is -0.286. The average molecular weight is 359 g/mol. The lowest BCUT2D eigenvalue weighted by atomic mass is 9.96. The van der Waals surface area contributed by atoms with Gasteiger partial charge in [-0.05, 0) is 32.0 Å². The van der Waals surface area contributed by atoms with Gasteiger partial charge in [-0.15, -0.1) is 0 Å². The van der Waals surface area contributed by atoms with Crippen molar-refractivity contribution < 1.29 is 9.59 Å². The highest BCUT2D eigenvalue weighted by atomic mass is 32.1. The number of aromatic amines is 1. The number of carbonyl (C=O) groups excluding carboxylic acids is 2. The quantitative estimate of drug-likeness (QED) is 0.811. The minimum Gasteiger partial charge on any atom is -0.369 e. The van der Waals surface area contributed by atoms with Gasteiger partial charge in [-0.2, -0.15) is 5.10 Å². The van der Waals surface area contributed by atoms with Crippen LogP contribution < -0.4 is 5.73 Å². The van der Waals surface area contributed by atoms with Crippen molar-refractivity contribution >= 4 is 24.0 Å². The number of nitrogens with one attached hydrogen (secondary N) is 1. The molecule has 2 heterocycles. The lowest BCUT2D eigenvalue weighted by molar-refractivity contribution is -0.135. The van der Waals surface area contributed by atoms with Crippen LogP contribution in [0, 0.1) is 17.6 Å². The van der Waals surface area contributed by atoms with Crippen molar-refractivity contribution in [3.63, 3.8) is 0 Å². The number of piperidine rings is 1. The molecule has 1 aliphatic heterocycles. The van der Waals surface area contributed by atoms with Gasteiger partial charge in [-0.3, -0.25) is 19.3 Å². The fraction of sp³-hybridized carbons (Fsp3) is 0.412. The van der Waals surface area contributed by atoms with Crippen LogP contribution in [-0.4, -0.2) is 44.6 Å². The summed E-state index contributed by atoms with van der Waals surface area (Å²) in [7, 11) is 0. The van der Waals surface area contributed by atoms with Crippen molar-refractivity contribution in [1.82, 2.24) is 19.7 Å². The van der Waals surface area contributed by atoms with E-state index in [9.17, 15) is 9.59 Å². The number of hydrogen-bond acceptors (Lipinski definition) is 4. The number of nitrogens with two attached hydrogens (primary N) is 1. The molecule has 2 aromatic rings. The predicted octanol–water partition coefficient (Wildman–Crippen LogP) is 1.64. The molecule has 1 saturated heterocycles. The lowest BCUT2D eigenvalue weighted by Crippen LogP contribution is -2.43. The minimum absolute atomic E-state index is 0.0335. The van der Waals surface area contributed by atoms with E-state index in [0.29, 0.717) is 36.5 Å². The van der Waals surface area contributed by atoms with E-state index in [0.717, 1.165) is 11.1 Å². The fourth-order valence-corrected chi connectivity index (χ4v) is 3.23. The summed E-state index contributed by atoms with van der Waals surface area (Å²) >= 11 is 5.28. The number of primary amides is 1. The van der Waals surface area contributed by atoms with Crippen LogP contribution in [0.15, 0.2) is 24.3 Å². The zero-order valence-electron chi connectivity index (χ0n) is 14.1. The summed E-state index contributed by atoms with van der Waals surface area (Å²) in [5.74, 6) is 0.188. The van der Waals surface area contributed by atoms with E-state index < -0.39 is 0 Å². The van der Waals surface area contributed by atoms with Gasteiger partial charge in [0.2, 0.25) is 11.8 Å². The normalized spacial score (nSPS) is 15.3. The number of aryl methyl sites for hydroxylation is 1. The molecule has 25 heavy (non-hydrogen) atoms. The number of H-pyrrole nitrogens is 1. The zero-order valence-corrected chi connectivity index (χ0v) is 14.9. The Balaban J connectivity index is 1.74. The summed E-state index contributed by atoms with van der Waals surface area (Å²) in [4.78, 5) is 25.6. The number of rotatable bonds is 4. The fourth-order valence-electron chi connectivity index (χ4n) is 3.04. The molecule has 0 atom stereocenters. The second kappa shape index (κ2) is 7.18. The van der Waals surface area contributed by atoms with Crippen LogP contribution in [0.25, 0.3) is 11.4 Å². The first-order chi connectivity index (χ1) is 12.0. The van der Waals surface area contributed by atoms with Crippen LogP contribution in [0.3, 0.4) is 0 Å². The highest BCUT2D eigenvalue weighted by molar-refractivity contribution is 7.71. The van der Waals surface area contributed by atoms with Crippen LogP contribution in [-0.2, 0) is 16.1 Å². The zero-order chi connectivity index (χ0) is 18.0. The van der Waals surface area contributed by atoms with Crippen molar-refractivity contribution in [2.45, 2.75) is 26.3 Å². The van der Waals surface area contributed by atoms with Gasteiger partial charge in [0.05, 0.1) is 0 Å². The molecule has 0 aliphatic carbocycles. The van der Waals surface area contributed by atoms with E-state index >= 15 is 0 Å². The first kappa shape index (κ1) is 17.3. The van der Waals surface area contributed by atoms with Crippen molar-refractivity contribution in [1.29, 1.82) is 0 Å². The Morgan fingerprint density at radius 2 is 1.92 bits per heavy atom. The summed E-state index contributed by atoms with van der Waals surface area (Å²) in [5.41, 5.74) is 7.39. The Hall–Kier alpha value is -2.48. The first-order valence-electron chi connectivity index (χ1n) is 8.25. The smallest absolute Gasteiger partial charge is 0.242 e. The molecule has 3 N–H and O–H groups in total. The molecular formula is C17H21N5O2S. The summed E-state index contributed by atoms with van der Waals surface area (Å²) in [6.07, 6.45) is 1.23. The van der Waals surface area contributed by atoms with Crippen LogP contribution in [0.5, 0.6) is 0 Å². The molecule has 2 amide bonds. The maximum Gasteiger partial charge on any atom is 0.242 e. The van der Waals surface area contributed by atoms with Crippen LogP contribution in [0.2, 0.25) is 0 Å². The largest absolute Gasteiger partial charge is 0.369 e. The van der Waals surface area contributed by atoms with Crippen LogP contribution in [0.4, 0.5) is 0 Å². The second-order valence-electron chi connectivity index (χ2n) is 6.36. The summed E-state index contributed by atoms with van der Waals surface area (Å²) < 4.78 is 2.12. The lowest BCUT2D eigenvalue weighted by Gasteiger charge is -2.30. The van der Waals surface area contributed by atoms with Gasteiger partial charge in [-0.1, -0.05) is 29.8 Å². The maximum atomic E-state index is 12.6. The van der Waals surface area contributed by atoms with Gasteiger partial charge >= 0.3 is 0 Å². The summed E-state index contributed by atoms with van der Waals surface area (Å²) in [5, 5.41) is 7.03. The van der Waals surface area contributed by atoms with Gasteiger partial charge in [0.15, 0.2) is 10.6 Å². The van der Waals surface area contributed by atoms with Gasteiger partial charge < -0.3 is 10.6 Å². The topological polar surface area (TPSA) is 97.0 Å². The number of likely N-dealkylation sites (tertiary alicyclic amines) is 1. The second-order valence-corrected chi connectivity index (χ2v) is 6.75. The molecule has 8 heteroatoms. The van der Waals surface area contributed by atoms with E-state index in [2.05, 4.69) is 10.2 Å². The number of nitrogens with zero attached hydrogens (tertiary/aromatic N) is 3. The molecule has 1 fully saturated rings. The molecule has 132 valence electrons. The van der Waals surface area contributed by atoms with Crippen molar-refractivity contribution in [2.75, 3.05) is 13.1 Å². The van der Waals surface area contributed by atoms with Crippen molar-refractivity contribution in [2.24, 2.45) is 11.7 Å². The molecule has 1 aromatic heterocycles. The van der Waals surface area contributed by atoms with Gasteiger partial charge in [0.1, 0.15) is 6.54 Å². The van der Waals surface area contributed by atoms with E-state index in [4.69, 9.17) is 18.0 Å². The van der Waals surface area contributed by atoms with Gasteiger partial charge in [-0.25, -0.2) is 0 Å².